The van der Waals surface area contributed by atoms with Crippen LogP contribution in [0.2, 0.25) is 0 Å². The Hall–Kier alpha value is -2.62. The van der Waals surface area contributed by atoms with Gasteiger partial charge in [-0.3, -0.25) is 14.5 Å². The lowest BCUT2D eigenvalue weighted by molar-refractivity contribution is -0.123. The molecule has 2 amide bonds. The van der Waals surface area contributed by atoms with E-state index in [-0.39, 0.29) is 24.3 Å². The molecule has 4 rings (SSSR count). The van der Waals surface area contributed by atoms with E-state index in [1.165, 1.54) is 33.8 Å². The zero-order valence-electron chi connectivity index (χ0n) is 19.4. The summed E-state index contributed by atoms with van der Waals surface area (Å²) in [5.74, 6) is -0.292. The van der Waals surface area contributed by atoms with Crippen LogP contribution in [0.3, 0.4) is 0 Å². The summed E-state index contributed by atoms with van der Waals surface area (Å²) in [4.78, 5) is 37.5. The first-order chi connectivity index (χ1) is 15.8. The largest absolute Gasteiger partial charge is 0.302 e. The van der Waals surface area contributed by atoms with Gasteiger partial charge in [0.25, 0.3) is 0 Å². The van der Waals surface area contributed by atoms with Gasteiger partial charge in [-0.25, -0.2) is 9.97 Å². The molecule has 1 atom stereocenters. The Bertz CT molecular complexity index is 1150. The van der Waals surface area contributed by atoms with Crippen molar-refractivity contribution >= 4 is 44.8 Å². The zero-order valence-corrected chi connectivity index (χ0v) is 21.0. The first-order valence-corrected chi connectivity index (χ1v) is 12.8. The lowest BCUT2D eigenvalue weighted by Crippen LogP contribution is -2.43. The van der Waals surface area contributed by atoms with Crippen molar-refractivity contribution in [1.29, 1.82) is 0 Å². The first-order valence-electron chi connectivity index (χ1n) is 11.1. The molecule has 1 fully saturated rings. The van der Waals surface area contributed by atoms with Gasteiger partial charge in [0.05, 0.1) is 23.9 Å². The van der Waals surface area contributed by atoms with Crippen molar-refractivity contribution in [1.82, 2.24) is 14.9 Å². The number of hydrogen-bond donors (Lipinski definition) is 2. The Balaban J connectivity index is 1.32. The van der Waals surface area contributed by atoms with Gasteiger partial charge in [0.2, 0.25) is 11.8 Å². The SMILES string of the molecule is Cc1ccc(-c2csc(NC(=O)C3CCCN(CC(=O)Nc4nc(C)c(C)s4)C3)n2)cc1C. The number of rotatable bonds is 6. The number of hydrogen-bond acceptors (Lipinski definition) is 7. The quantitative estimate of drug-likeness (QED) is 0.526. The maximum absolute atomic E-state index is 12.9. The van der Waals surface area contributed by atoms with E-state index < -0.39 is 0 Å². The van der Waals surface area contributed by atoms with Gasteiger partial charge in [-0.1, -0.05) is 12.1 Å². The number of likely N-dealkylation sites (tertiary alicyclic amines) is 1. The van der Waals surface area contributed by atoms with Crippen LogP contribution in [0, 0.1) is 33.6 Å². The predicted octanol–water partition coefficient (Wildman–Crippen LogP) is 4.79. The molecule has 0 aliphatic carbocycles. The van der Waals surface area contributed by atoms with E-state index in [1.54, 1.807) is 0 Å². The van der Waals surface area contributed by atoms with Gasteiger partial charge in [0.15, 0.2) is 10.3 Å². The molecule has 3 heterocycles. The summed E-state index contributed by atoms with van der Waals surface area (Å²) in [6.45, 7) is 9.72. The molecule has 174 valence electrons. The lowest BCUT2D eigenvalue weighted by atomic mass is 9.97. The Morgan fingerprint density at radius 1 is 1.09 bits per heavy atom. The molecular formula is C24H29N5O2S2. The molecule has 3 aromatic rings. The summed E-state index contributed by atoms with van der Waals surface area (Å²) in [7, 11) is 0. The number of thiazole rings is 2. The Morgan fingerprint density at radius 3 is 2.64 bits per heavy atom. The molecule has 1 unspecified atom stereocenters. The second kappa shape index (κ2) is 10.1. The number of carbonyl (C=O) groups excluding carboxylic acids is 2. The lowest BCUT2D eigenvalue weighted by Gasteiger charge is -2.31. The second-order valence-corrected chi connectivity index (χ2v) is 10.7. The van der Waals surface area contributed by atoms with Crippen LogP contribution in [0.25, 0.3) is 11.3 Å². The van der Waals surface area contributed by atoms with Crippen molar-refractivity contribution in [3.8, 4) is 11.3 Å². The van der Waals surface area contributed by atoms with Crippen molar-refractivity contribution in [2.45, 2.75) is 40.5 Å². The number of nitrogens with one attached hydrogen (secondary N) is 2. The van der Waals surface area contributed by atoms with Gasteiger partial charge in [-0.2, -0.15) is 0 Å². The number of anilines is 2. The minimum absolute atomic E-state index is 0.0349. The van der Waals surface area contributed by atoms with E-state index in [0.717, 1.165) is 41.2 Å². The van der Waals surface area contributed by atoms with Crippen LogP contribution in [0.4, 0.5) is 10.3 Å². The highest BCUT2D eigenvalue weighted by Crippen LogP contribution is 2.27. The molecule has 1 saturated heterocycles. The summed E-state index contributed by atoms with van der Waals surface area (Å²) < 4.78 is 0. The van der Waals surface area contributed by atoms with Gasteiger partial charge in [-0.15, -0.1) is 22.7 Å². The summed E-state index contributed by atoms with van der Waals surface area (Å²) >= 11 is 2.92. The van der Waals surface area contributed by atoms with Crippen LogP contribution in [0.15, 0.2) is 23.6 Å². The summed E-state index contributed by atoms with van der Waals surface area (Å²) in [6, 6.07) is 6.27. The van der Waals surface area contributed by atoms with Gasteiger partial charge >= 0.3 is 0 Å². The van der Waals surface area contributed by atoms with Crippen LogP contribution in [-0.2, 0) is 9.59 Å². The smallest absolute Gasteiger partial charge is 0.240 e. The Labute approximate surface area is 202 Å². The normalized spacial score (nSPS) is 16.5. The number of aromatic nitrogens is 2. The molecule has 7 nitrogen and oxygen atoms in total. The third-order valence-corrected chi connectivity index (χ3v) is 7.80. The van der Waals surface area contributed by atoms with Crippen LogP contribution >= 0.6 is 22.7 Å². The van der Waals surface area contributed by atoms with Crippen molar-refractivity contribution in [2.75, 3.05) is 30.3 Å². The molecule has 1 aliphatic rings. The molecule has 9 heteroatoms. The fourth-order valence-electron chi connectivity index (χ4n) is 3.87. The predicted molar refractivity (Wildman–Crippen MR) is 135 cm³/mol. The summed E-state index contributed by atoms with van der Waals surface area (Å²) in [5.41, 5.74) is 5.32. The highest BCUT2D eigenvalue weighted by atomic mass is 32.1. The van der Waals surface area contributed by atoms with E-state index in [0.29, 0.717) is 16.8 Å². The van der Waals surface area contributed by atoms with Gasteiger partial charge in [0.1, 0.15) is 0 Å². The minimum atomic E-state index is -0.162. The number of nitrogens with zero attached hydrogens (tertiary/aromatic N) is 3. The number of amides is 2. The Kier molecular flexibility index (Phi) is 7.21. The van der Waals surface area contributed by atoms with E-state index in [4.69, 9.17) is 0 Å². The van der Waals surface area contributed by atoms with Gasteiger partial charge < -0.3 is 10.6 Å². The average molecular weight is 484 g/mol. The molecule has 0 spiro atoms. The van der Waals surface area contributed by atoms with Crippen molar-refractivity contribution in [3.63, 3.8) is 0 Å². The number of carbonyl (C=O) groups is 2. The Morgan fingerprint density at radius 2 is 1.91 bits per heavy atom. The zero-order chi connectivity index (χ0) is 23.5. The number of aryl methyl sites for hydroxylation is 4. The molecule has 2 aromatic heterocycles. The monoisotopic (exact) mass is 483 g/mol. The van der Waals surface area contributed by atoms with Crippen molar-refractivity contribution in [2.24, 2.45) is 5.92 Å². The minimum Gasteiger partial charge on any atom is -0.302 e. The van der Waals surface area contributed by atoms with E-state index in [1.807, 2.05) is 24.1 Å². The topological polar surface area (TPSA) is 87.2 Å². The third kappa shape index (κ3) is 5.85. The van der Waals surface area contributed by atoms with Crippen LogP contribution in [0.1, 0.15) is 34.5 Å². The maximum atomic E-state index is 12.9. The van der Waals surface area contributed by atoms with Crippen molar-refractivity contribution in [3.05, 3.63) is 45.3 Å². The third-order valence-electron chi connectivity index (χ3n) is 6.06. The van der Waals surface area contributed by atoms with E-state index in [9.17, 15) is 9.59 Å². The maximum Gasteiger partial charge on any atom is 0.240 e. The second-order valence-electron chi connectivity index (χ2n) is 8.61. The van der Waals surface area contributed by atoms with E-state index >= 15 is 0 Å². The molecule has 0 radical (unpaired) electrons. The molecule has 0 bridgehead atoms. The molecular weight excluding hydrogens is 454 g/mol. The fourth-order valence-corrected chi connectivity index (χ4v) is 5.43. The van der Waals surface area contributed by atoms with Gasteiger partial charge in [0, 0.05) is 22.4 Å². The molecule has 1 aromatic carbocycles. The van der Waals surface area contributed by atoms with Gasteiger partial charge in [-0.05, 0) is 64.3 Å². The average Bonchev–Trinajstić information content (AvgIpc) is 3.36. The van der Waals surface area contributed by atoms with E-state index in [2.05, 4.69) is 52.6 Å². The highest BCUT2D eigenvalue weighted by molar-refractivity contribution is 7.15. The molecule has 33 heavy (non-hydrogen) atoms. The molecule has 1 aliphatic heterocycles. The standard InChI is InChI=1S/C24H29N5O2S2/c1-14-7-8-18(10-15(14)2)20-13-32-23(26-20)28-22(31)19-6-5-9-29(11-19)12-21(30)27-24-25-16(3)17(4)33-24/h7-8,10,13,19H,5-6,9,11-12H2,1-4H3,(H,25,27,30)(H,26,28,31). The van der Waals surface area contributed by atoms with Crippen LogP contribution in [0.5, 0.6) is 0 Å². The summed E-state index contributed by atoms with van der Waals surface area (Å²) in [6.07, 6.45) is 1.69. The fraction of sp³-hybridized carbons (Fsp3) is 0.417. The number of piperidine rings is 1. The van der Waals surface area contributed by atoms with Crippen molar-refractivity contribution < 1.29 is 9.59 Å². The van der Waals surface area contributed by atoms with Crippen LogP contribution in [-0.4, -0.2) is 46.3 Å². The number of benzene rings is 1. The molecule has 0 saturated carbocycles. The highest BCUT2D eigenvalue weighted by Gasteiger charge is 2.27. The molecule has 2 N–H and O–H groups in total. The first kappa shape index (κ1) is 23.5. The van der Waals surface area contributed by atoms with Crippen LogP contribution < -0.4 is 10.6 Å². The summed E-state index contributed by atoms with van der Waals surface area (Å²) in [5, 5.41) is 9.07.